The van der Waals surface area contributed by atoms with E-state index in [0.717, 1.165) is 35.6 Å². The van der Waals surface area contributed by atoms with E-state index in [0.29, 0.717) is 18.3 Å². The molecule has 1 saturated heterocycles. The number of benzene rings is 1. The molecule has 1 fully saturated rings. The summed E-state index contributed by atoms with van der Waals surface area (Å²) < 4.78 is 16.1. The summed E-state index contributed by atoms with van der Waals surface area (Å²) in [6.07, 6.45) is 2.62. The van der Waals surface area contributed by atoms with Gasteiger partial charge in [0.2, 0.25) is 0 Å². The maximum Gasteiger partial charge on any atom is 0.261 e. The zero-order valence-corrected chi connectivity index (χ0v) is 12.7. The van der Waals surface area contributed by atoms with Crippen LogP contribution in [0.15, 0.2) is 35.0 Å². The molecule has 1 aliphatic rings. The van der Waals surface area contributed by atoms with Crippen molar-refractivity contribution < 1.29 is 14.0 Å². The number of nitrogens with one attached hydrogen (secondary N) is 1. The fraction of sp³-hybridized carbons (Fsp3) is 0.312. The average Bonchev–Trinajstić information content (AvgIpc) is 3.33. The number of aromatic amines is 1. The average molecular weight is 312 g/mol. The molecule has 0 radical (unpaired) electrons. The van der Waals surface area contributed by atoms with Gasteiger partial charge in [-0.2, -0.15) is 10.1 Å². The van der Waals surface area contributed by atoms with Gasteiger partial charge in [0.15, 0.2) is 5.82 Å². The molecule has 1 atom stereocenters. The summed E-state index contributed by atoms with van der Waals surface area (Å²) in [5.41, 5.74) is 2.54. The molecule has 1 aliphatic heterocycles. The Labute approximate surface area is 132 Å². The van der Waals surface area contributed by atoms with Crippen LogP contribution in [0.2, 0.25) is 0 Å². The van der Waals surface area contributed by atoms with Gasteiger partial charge < -0.3 is 14.0 Å². The Morgan fingerprint density at radius 2 is 2.30 bits per heavy atom. The minimum atomic E-state index is 0.208. The molecule has 0 bridgehead atoms. The van der Waals surface area contributed by atoms with Crippen LogP contribution in [0.4, 0.5) is 0 Å². The second-order valence-corrected chi connectivity index (χ2v) is 5.41. The molecule has 118 valence electrons. The Morgan fingerprint density at radius 3 is 3.13 bits per heavy atom. The van der Waals surface area contributed by atoms with Gasteiger partial charge in [-0.1, -0.05) is 17.3 Å². The minimum absolute atomic E-state index is 0.208. The zero-order chi connectivity index (χ0) is 15.6. The second-order valence-electron chi connectivity index (χ2n) is 5.41. The molecule has 0 unspecified atom stereocenters. The standard InChI is InChI=1S/C16H16N4O3/c1-21-12-4-2-3-10(7-12)14-13(8-17-19-14)16-18-15(20-23-16)11-5-6-22-9-11/h2-4,7-8,11H,5-6,9H2,1H3,(H,17,19)/t11-/m0/s1. The molecule has 3 aromatic rings. The van der Waals surface area contributed by atoms with Crippen LogP contribution in [0.3, 0.4) is 0 Å². The maximum atomic E-state index is 5.43. The van der Waals surface area contributed by atoms with E-state index in [1.807, 2.05) is 24.3 Å². The summed E-state index contributed by atoms with van der Waals surface area (Å²) in [6.45, 7) is 1.39. The van der Waals surface area contributed by atoms with Crippen LogP contribution < -0.4 is 4.74 Å². The quantitative estimate of drug-likeness (QED) is 0.797. The van der Waals surface area contributed by atoms with E-state index in [1.54, 1.807) is 13.3 Å². The number of hydrogen-bond acceptors (Lipinski definition) is 6. The number of aromatic nitrogens is 4. The molecule has 0 aliphatic carbocycles. The van der Waals surface area contributed by atoms with Gasteiger partial charge in [-0.3, -0.25) is 5.10 Å². The number of hydrogen-bond donors (Lipinski definition) is 1. The Bertz CT molecular complexity index is 805. The van der Waals surface area contributed by atoms with Crippen LogP contribution in [0, 0.1) is 0 Å². The lowest BCUT2D eigenvalue weighted by Crippen LogP contribution is -1.99. The van der Waals surface area contributed by atoms with Gasteiger partial charge in [0, 0.05) is 18.1 Å². The molecule has 0 saturated carbocycles. The number of rotatable bonds is 4. The molecule has 4 rings (SSSR count). The smallest absolute Gasteiger partial charge is 0.261 e. The van der Waals surface area contributed by atoms with Gasteiger partial charge in [-0.05, 0) is 18.6 Å². The SMILES string of the molecule is COc1cccc(-c2[nH]ncc2-c2nc([C@H]3CCOC3)no2)c1. The van der Waals surface area contributed by atoms with Crippen molar-refractivity contribution in [2.45, 2.75) is 12.3 Å². The Hall–Kier alpha value is -2.67. The van der Waals surface area contributed by atoms with E-state index in [1.165, 1.54) is 0 Å². The topological polar surface area (TPSA) is 86.1 Å². The van der Waals surface area contributed by atoms with Gasteiger partial charge in [0.05, 0.1) is 31.2 Å². The summed E-state index contributed by atoms with van der Waals surface area (Å²) in [4.78, 5) is 4.51. The maximum absolute atomic E-state index is 5.43. The van der Waals surface area contributed by atoms with Crippen molar-refractivity contribution in [1.29, 1.82) is 0 Å². The van der Waals surface area contributed by atoms with E-state index in [-0.39, 0.29) is 5.92 Å². The van der Waals surface area contributed by atoms with E-state index in [2.05, 4.69) is 20.3 Å². The van der Waals surface area contributed by atoms with Gasteiger partial charge in [-0.25, -0.2) is 0 Å². The highest BCUT2D eigenvalue weighted by molar-refractivity contribution is 5.76. The predicted octanol–water partition coefficient (Wildman–Crippen LogP) is 2.64. The molecule has 0 amide bonds. The highest BCUT2D eigenvalue weighted by Crippen LogP contribution is 2.32. The van der Waals surface area contributed by atoms with Crippen LogP contribution in [0.25, 0.3) is 22.7 Å². The van der Waals surface area contributed by atoms with E-state index < -0.39 is 0 Å². The summed E-state index contributed by atoms with van der Waals surface area (Å²) >= 11 is 0. The predicted molar refractivity (Wildman–Crippen MR) is 82.0 cm³/mol. The van der Waals surface area contributed by atoms with Gasteiger partial charge >= 0.3 is 0 Å². The van der Waals surface area contributed by atoms with Crippen molar-refractivity contribution in [1.82, 2.24) is 20.3 Å². The first-order valence-electron chi connectivity index (χ1n) is 7.44. The Morgan fingerprint density at radius 1 is 1.35 bits per heavy atom. The molecule has 3 heterocycles. The number of nitrogens with zero attached hydrogens (tertiary/aromatic N) is 3. The third-order valence-electron chi connectivity index (χ3n) is 3.96. The van der Waals surface area contributed by atoms with Crippen LogP contribution >= 0.6 is 0 Å². The lowest BCUT2D eigenvalue weighted by atomic mass is 10.1. The second kappa shape index (κ2) is 5.85. The molecular formula is C16H16N4O3. The highest BCUT2D eigenvalue weighted by Gasteiger charge is 2.24. The zero-order valence-electron chi connectivity index (χ0n) is 12.7. The van der Waals surface area contributed by atoms with Gasteiger partial charge in [0.25, 0.3) is 5.89 Å². The largest absolute Gasteiger partial charge is 0.497 e. The first-order valence-corrected chi connectivity index (χ1v) is 7.44. The Kier molecular flexibility index (Phi) is 3.55. The van der Waals surface area contributed by atoms with E-state index in [4.69, 9.17) is 14.0 Å². The van der Waals surface area contributed by atoms with E-state index >= 15 is 0 Å². The summed E-state index contributed by atoms with van der Waals surface area (Å²) in [5.74, 6) is 2.13. The third kappa shape index (κ3) is 2.59. The lowest BCUT2D eigenvalue weighted by molar-refractivity contribution is 0.192. The first kappa shape index (κ1) is 14.0. The molecular weight excluding hydrogens is 296 g/mol. The fourth-order valence-electron chi connectivity index (χ4n) is 2.70. The number of ether oxygens (including phenoxy) is 2. The highest BCUT2D eigenvalue weighted by atomic mass is 16.5. The van der Waals surface area contributed by atoms with Crippen LogP contribution in [-0.4, -0.2) is 40.7 Å². The number of H-pyrrole nitrogens is 1. The van der Waals surface area contributed by atoms with E-state index in [9.17, 15) is 0 Å². The fourth-order valence-corrected chi connectivity index (χ4v) is 2.70. The summed E-state index contributed by atoms with van der Waals surface area (Å²) in [5, 5.41) is 11.2. The number of methoxy groups -OCH3 is 1. The van der Waals surface area contributed by atoms with Crippen molar-refractivity contribution in [3.05, 3.63) is 36.3 Å². The normalized spacial score (nSPS) is 17.5. The van der Waals surface area contributed by atoms with Crippen molar-refractivity contribution in [2.75, 3.05) is 20.3 Å². The molecule has 2 aromatic heterocycles. The minimum Gasteiger partial charge on any atom is -0.497 e. The van der Waals surface area contributed by atoms with Crippen molar-refractivity contribution in [2.24, 2.45) is 0 Å². The first-order chi connectivity index (χ1) is 11.3. The molecule has 23 heavy (non-hydrogen) atoms. The van der Waals surface area contributed by atoms with Crippen molar-refractivity contribution in [3.8, 4) is 28.5 Å². The van der Waals surface area contributed by atoms with Gasteiger partial charge in [-0.15, -0.1) is 0 Å². The van der Waals surface area contributed by atoms with Crippen LogP contribution in [0.5, 0.6) is 5.75 Å². The van der Waals surface area contributed by atoms with Crippen LogP contribution in [0.1, 0.15) is 18.2 Å². The molecule has 1 aromatic carbocycles. The summed E-state index contributed by atoms with van der Waals surface area (Å²) in [7, 11) is 1.64. The third-order valence-corrected chi connectivity index (χ3v) is 3.96. The summed E-state index contributed by atoms with van der Waals surface area (Å²) in [6, 6.07) is 7.72. The van der Waals surface area contributed by atoms with Gasteiger partial charge in [0.1, 0.15) is 5.75 Å². The molecule has 1 N–H and O–H groups in total. The lowest BCUT2D eigenvalue weighted by Gasteiger charge is -2.03. The van der Waals surface area contributed by atoms with Crippen LogP contribution in [-0.2, 0) is 4.74 Å². The molecule has 0 spiro atoms. The van der Waals surface area contributed by atoms with Crippen molar-refractivity contribution >= 4 is 0 Å². The molecule has 7 heteroatoms. The molecule has 7 nitrogen and oxygen atoms in total. The van der Waals surface area contributed by atoms with Crippen molar-refractivity contribution in [3.63, 3.8) is 0 Å². The Balaban J connectivity index is 1.69. The monoisotopic (exact) mass is 312 g/mol.